The van der Waals surface area contributed by atoms with E-state index in [1.165, 1.54) is 44.5 Å². The molecule has 0 radical (unpaired) electrons. The second-order valence-electron chi connectivity index (χ2n) is 12.0. The molecule has 0 fully saturated rings. The molecule has 8 aromatic rings. The minimum atomic E-state index is -0.472. The number of benzene rings is 7. The third kappa shape index (κ3) is 3.18. The molecule has 0 N–H and O–H groups in total. The van der Waals surface area contributed by atoms with Crippen molar-refractivity contribution in [1.82, 2.24) is 0 Å². The van der Waals surface area contributed by atoms with Gasteiger partial charge in [-0.1, -0.05) is 121 Å². The van der Waals surface area contributed by atoms with E-state index < -0.39 is 5.41 Å². The number of hydrogen-bond donors (Lipinski definition) is 0. The summed E-state index contributed by atoms with van der Waals surface area (Å²) in [6, 6.07) is 59.3. The summed E-state index contributed by atoms with van der Waals surface area (Å²) in [6.45, 7) is 0. The molecule has 210 valence electrons. The number of fused-ring (bicyclic) bond motifs is 14. The van der Waals surface area contributed by atoms with Crippen molar-refractivity contribution in [3.63, 3.8) is 0 Å². The van der Waals surface area contributed by atoms with Crippen LogP contribution in [0.25, 0.3) is 44.2 Å². The number of rotatable bonds is 3. The SMILES string of the molecule is c1ccc(N(c2ccccc2)c2ccc3c(c2)C2(c4ccccc4-3)c3ccccc3-c3c2ccc2c3oc3ccccc32)cc1. The first kappa shape index (κ1) is 24.6. The second kappa shape index (κ2) is 9.07. The Morgan fingerprint density at radius 3 is 1.76 bits per heavy atom. The zero-order valence-electron chi connectivity index (χ0n) is 24.4. The Labute approximate surface area is 261 Å². The Bertz CT molecular complexity index is 2400. The van der Waals surface area contributed by atoms with Crippen LogP contribution in [-0.2, 0) is 5.41 Å². The number of anilines is 3. The average Bonchev–Trinajstić information content (AvgIpc) is 3.73. The van der Waals surface area contributed by atoms with Crippen molar-refractivity contribution in [2.24, 2.45) is 0 Å². The third-order valence-electron chi connectivity index (χ3n) is 9.87. The van der Waals surface area contributed by atoms with E-state index in [9.17, 15) is 0 Å². The number of hydrogen-bond acceptors (Lipinski definition) is 2. The first-order valence-corrected chi connectivity index (χ1v) is 15.5. The summed E-state index contributed by atoms with van der Waals surface area (Å²) < 4.78 is 6.70. The molecule has 2 aliphatic carbocycles. The molecule has 45 heavy (non-hydrogen) atoms. The molecule has 0 saturated carbocycles. The van der Waals surface area contributed by atoms with Gasteiger partial charge in [-0.05, 0) is 81.4 Å². The summed E-state index contributed by atoms with van der Waals surface area (Å²) in [6.07, 6.45) is 0. The van der Waals surface area contributed by atoms with Crippen LogP contribution in [-0.4, -0.2) is 0 Å². The molecule has 1 aromatic heterocycles. The van der Waals surface area contributed by atoms with E-state index in [2.05, 4.69) is 169 Å². The molecule has 1 atom stereocenters. The molecule has 0 saturated heterocycles. The molecule has 7 aromatic carbocycles. The van der Waals surface area contributed by atoms with Crippen LogP contribution in [0.5, 0.6) is 0 Å². The van der Waals surface area contributed by atoms with Gasteiger partial charge in [-0.3, -0.25) is 0 Å². The standard InChI is InChI=1S/C43H27NO/c1-3-13-28(14-4-1)44(29-15-5-2-6-16-29)30-23-24-32-31-17-7-10-20-36(31)43(39(32)27-30)37-21-11-8-19-35(37)41-38(43)26-25-34-33-18-9-12-22-40(33)45-42(34)41/h1-27H. The van der Waals surface area contributed by atoms with Gasteiger partial charge in [0.15, 0.2) is 0 Å². The zero-order chi connectivity index (χ0) is 29.5. The van der Waals surface area contributed by atoms with Gasteiger partial charge < -0.3 is 9.32 Å². The fourth-order valence-electron chi connectivity index (χ4n) is 8.13. The van der Waals surface area contributed by atoms with Crippen LogP contribution < -0.4 is 4.90 Å². The molecular weight excluding hydrogens is 546 g/mol. The van der Waals surface area contributed by atoms with Gasteiger partial charge in [0.2, 0.25) is 0 Å². The van der Waals surface area contributed by atoms with Gasteiger partial charge >= 0.3 is 0 Å². The van der Waals surface area contributed by atoms with Crippen molar-refractivity contribution in [2.45, 2.75) is 5.41 Å². The number of nitrogens with zero attached hydrogens (tertiary/aromatic N) is 1. The molecule has 0 bridgehead atoms. The minimum Gasteiger partial charge on any atom is -0.455 e. The van der Waals surface area contributed by atoms with E-state index in [1.54, 1.807) is 0 Å². The van der Waals surface area contributed by atoms with Crippen LogP contribution in [0.15, 0.2) is 168 Å². The molecule has 10 rings (SSSR count). The Morgan fingerprint density at radius 1 is 0.400 bits per heavy atom. The first-order chi connectivity index (χ1) is 22.3. The quantitative estimate of drug-likeness (QED) is 0.209. The van der Waals surface area contributed by atoms with E-state index in [-0.39, 0.29) is 0 Å². The fraction of sp³-hybridized carbons (Fsp3) is 0.0233. The molecule has 2 aliphatic rings. The summed E-state index contributed by atoms with van der Waals surface area (Å²) in [4.78, 5) is 2.36. The summed E-state index contributed by atoms with van der Waals surface area (Å²) in [5.41, 5.74) is 15.0. The van der Waals surface area contributed by atoms with Gasteiger partial charge in [0.1, 0.15) is 11.2 Å². The number of para-hydroxylation sites is 3. The molecule has 0 aliphatic heterocycles. The van der Waals surface area contributed by atoms with E-state index in [0.717, 1.165) is 39.0 Å². The van der Waals surface area contributed by atoms with Crippen molar-refractivity contribution in [2.75, 3.05) is 4.90 Å². The maximum atomic E-state index is 6.70. The lowest BCUT2D eigenvalue weighted by Crippen LogP contribution is -2.26. The zero-order valence-corrected chi connectivity index (χ0v) is 24.4. The Morgan fingerprint density at radius 2 is 1.00 bits per heavy atom. The Balaban J connectivity index is 1.32. The monoisotopic (exact) mass is 573 g/mol. The number of furan rings is 1. The summed E-state index contributed by atoms with van der Waals surface area (Å²) in [5.74, 6) is 0. The van der Waals surface area contributed by atoms with Crippen molar-refractivity contribution in [3.8, 4) is 22.3 Å². The van der Waals surface area contributed by atoms with Crippen LogP contribution in [0.3, 0.4) is 0 Å². The van der Waals surface area contributed by atoms with Gasteiger partial charge in [0.25, 0.3) is 0 Å². The molecule has 1 unspecified atom stereocenters. The Kier molecular flexibility index (Phi) is 4.95. The smallest absolute Gasteiger partial charge is 0.143 e. The first-order valence-electron chi connectivity index (χ1n) is 15.5. The van der Waals surface area contributed by atoms with Crippen LogP contribution in [0.2, 0.25) is 0 Å². The van der Waals surface area contributed by atoms with E-state index in [1.807, 2.05) is 0 Å². The van der Waals surface area contributed by atoms with Gasteiger partial charge in [-0.2, -0.15) is 0 Å². The average molecular weight is 574 g/mol. The maximum Gasteiger partial charge on any atom is 0.143 e. The summed E-state index contributed by atoms with van der Waals surface area (Å²) in [5, 5.41) is 2.32. The van der Waals surface area contributed by atoms with Crippen LogP contribution in [0, 0.1) is 0 Å². The van der Waals surface area contributed by atoms with Crippen molar-refractivity contribution >= 4 is 39.0 Å². The lowest BCUT2D eigenvalue weighted by molar-refractivity contribution is 0.669. The minimum absolute atomic E-state index is 0.472. The molecule has 2 nitrogen and oxygen atoms in total. The van der Waals surface area contributed by atoms with Crippen molar-refractivity contribution in [3.05, 3.63) is 186 Å². The van der Waals surface area contributed by atoms with Gasteiger partial charge in [0.05, 0.1) is 5.41 Å². The van der Waals surface area contributed by atoms with E-state index in [4.69, 9.17) is 4.42 Å². The summed E-state index contributed by atoms with van der Waals surface area (Å²) >= 11 is 0. The highest BCUT2D eigenvalue weighted by Gasteiger charge is 2.52. The third-order valence-corrected chi connectivity index (χ3v) is 9.87. The van der Waals surface area contributed by atoms with Crippen LogP contribution >= 0.6 is 0 Å². The van der Waals surface area contributed by atoms with Gasteiger partial charge in [0, 0.05) is 33.4 Å². The molecular formula is C43H27NO. The molecule has 2 heteroatoms. The largest absolute Gasteiger partial charge is 0.455 e. The Hall–Kier alpha value is -5.86. The predicted molar refractivity (Wildman–Crippen MR) is 185 cm³/mol. The van der Waals surface area contributed by atoms with E-state index >= 15 is 0 Å². The lowest BCUT2D eigenvalue weighted by atomic mass is 9.70. The van der Waals surface area contributed by atoms with Crippen LogP contribution in [0.4, 0.5) is 17.1 Å². The summed E-state index contributed by atoms with van der Waals surface area (Å²) in [7, 11) is 0. The highest BCUT2D eigenvalue weighted by Crippen LogP contribution is 2.64. The second-order valence-corrected chi connectivity index (χ2v) is 12.0. The predicted octanol–water partition coefficient (Wildman–Crippen LogP) is 11.4. The van der Waals surface area contributed by atoms with E-state index in [0.29, 0.717) is 0 Å². The topological polar surface area (TPSA) is 16.4 Å². The molecule has 1 heterocycles. The normalized spacial score (nSPS) is 15.6. The maximum absolute atomic E-state index is 6.70. The van der Waals surface area contributed by atoms with Gasteiger partial charge in [-0.15, -0.1) is 0 Å². The van der Waals surface area contributed by atoms with Gasteiger partial charge in [-0.25, -0.2) is 0 Å². The fourth-order valence-corrected chi connectivity index (χ4v) is 8.13. The van der Waals surface area contributed by atoms with Crippen LogP contribution in [0.1, 0.15) is 22.3 Å². The lowest BCUT2D eigenvalue weighted by Gasteiger charge is -2.32. The van der Waals surface area contributed by atoms with Crippen molar-refractivity contribution in [1.29, 1.82) is 0 Å². The highest BCUT2D eigenvalue weighted by atomic mass is 16.3. The van der Waals surface area contributed by atoms with Crippen molar-refractivity contribution < 1.29 is 4.42 Å². The molecule has 1 spiro atoms. The highest BCUT2D eigenvalue weighted by molar-refractivity contribution is 6.13. The molecule has 0 amide bonds.